The maximum Gasteiger partial charge on any atom is 0.306 e. The second-order valence-electron chi connectivity index (χ2n) is 13.2. The molecule has 282 valence electrons. The monoisotopic (exact) mass is 687 g/mol. The minimum absolute atomic E-state index is 0.0874. The topological polar surface area (TPSA) is 78.9 Å². The molecule has 0 amide bonds. The van der Waals surface area contributed by atoms with Crippen molar-refractivity contribution < 1.29 is 28.6 Å². The van der Waals surface area contributed by atoms with Crippen LogP contribution in [0.1, 0.15) is 188 Å². The first kappa shape index (κ1) is 46.4. The summed E-state index contributed by atoms with van der Waals surface area (Å²) in [5.74, 6) is -0.948. The zero-order chi connectivity index (χ0) is 35.9. The Morgan fingerprint density at radius 3 is 1.31 bits per heavy atom. The van der Waals surface area contributed by atoms with Crippen molar-refractivity contribution in [3.05, 3.63) is 48.6 Å². The van der Waals surface area contributed by atoms with Crippen molar-refractivity contribution in [1.82, 2.24) is 0 Å². The quantitative estimate of drug-likeness (QED) is 0.0286. The first-order chi connectivity index (χ1) is 24.0. The van der Waals surface area contributed by atoms with Crippen molar-refractivity contribution in [3.63, 3.8) is 0 Å². The van der Waals surface area contributed by atoms with E-state index < -0.39 is 6.10 Å². The van der Waals surface area contributed by atoms with Gasteiger partial charge in [-0.3, -0.25) is 14.4 Å². The Kier molecular flexibility index (Phi) is 36.1. The summed E-state index contributed by atoms with van der Waals surface area (Å²) in [4.78, 5) is 37.3. The SMILES string of the molecule is CC/C=C\C/C=C\C/C=C\CCCCCC(=O)OCC(COC(=O)CCCCCCC)OC(=O)CCCCCCC/C=C\CCCCCC. The van der Waals surface area contributed by atoms with Crippen molar-refractivity contribution in [3.8, 4) is 0 Å². The predicted octanol–water partition coefficient (Wildman–Crippen LogP) is 12.4. The predicted molar refractivity (Wildman–Crippen MR) is 205 cm³/mol. The van der Waals surface area contributed by atoms with Crippen LogP contribution in [0.15, 0.2) is 48.6 Å². The molecule has 0 N–H and O–H groups in total. The van der Waals surface area contributed by atoms with Gasteiger partial charge in [0, 0.05) is 19.3 Å². The maximum absolute atomic E-state index is 12.6. The fraction of sp³-hybridized carbons (Fsp3) is 0.744. The summed E-state index contributed by atoms with van der Waals surface area (Å²) in [6.07, 6.45) is 42.6. The van der Waals surface area contributed by atoms with Gasteiger partial charge in [0.15, 0.2) is 6.10 Å². The highest BCUT2D eigenvalue weighted by atomic mass is 16.6. The van der Waals surface area contributed by atoms with Gasteiger partial charge < -0.3 is 14.2 Å². The Morgan fingerprint density at radius 2 is 0.796 bits per heavy atom. The summed E-state index contributed by atoms with van der Waals surface area (Å²) in [5, 5.41) is 0. The summed E-state index contributed by atoms with van der Waals surface area (Å²) in [6, 6.07) is 0. The van der Waals surface area contributed by atoms with Gasteiger partial charge in [-0.25, -0.2) is 0 Å². The molecule has 0 heterocycles. The van der Waals surface area contributed by atoms with E-state index in [-0.39, 0.29) is 31.1 Å². The van der Waals surface area contributed by atoms with Crippen LogP contribution in [0.2, 0.25) is 0 Å². The van der Waals surface area contributed by atoms with Crippen molar-refractivity contribution in [2.75, 3.05) is 13.2 Å². The molecule has 0 aromatic carbocycles. The number of hydrogen-bond acceptors (Lipinski definition) is 6. The van der Waals surface area contributed by atoms with Crippen LogP contribution < -0.4 is 0 Å². The molecule has 0 aromatic heterocycles. The minimum atomic E-state index is -0.781. The third-order valence-electron chi connectivity index (χ3n) is 8.32. The summed E-state index contributed by atoms with van der Waals surface area (Å²) in [7, 11) is 0. The molecule has 0 rings (SSSR count). The van der Waals surface area contributed by atoms with Crippen LogP contribution in [-0.4, -0.2) is 37.2 Å². The van der Waals surface area contributed by atoms with E-state index in [2.05, 4.69) is 69.4 Å². The average molecular weight is 687 g/mol. The standard InChI is InChI=1S/C43H74O6/c1-4-7-10-13-15-17-19-21-23-25-27-30-33-36-42(45)48-39-40(38-47-41(44)35-32-29-12-9-6-3)49-43(46)37-34-31-28-26-24-22-20-18-16-14-11-8-5-2/h7,10,15,17-18,20-21,23,40H,4-6,8-9,11-14,16,19,22,24-39H2,1-3H3/b10-7-,17-15-,20-18-,23-21-. The molecule has 6 heteroatoms. The number of ether oxygens (including phenoxy) is 3. The average Bonchev–Trinajstić information content (AvgIpc) is 3.09. The Morgan fingerprint density at radius 1 is 0.429 bits per heavy atom. The minimum Gasteiger partial charge on any atom is -0.462 e. The number of allylic oxidation sites excluding steroid dienone is 8. The van der Waals surface area contributed by atoms with E-state index >= 15 is 0 Å². The first-order valence-corrected chi connectivity index (χ1v) is 20.1. The van der Waals surface area contributed by atoms with Crippen molar-refractivity contribution >= 4 is 17.9 Å². The number of esters is 3. The lowest BCUT2D eigenvalue weighted by atomic mass is 10.1. The number of hydrogen-bond donors (Lipinski definition) is 0. The third-order valence-corrected chi connectivity index (χ3v) is 8.32. The van der Waals surface area contributed by atoms with Gasteiger partial charge in [0.25, 0.3) is 0 Å². The molecule has 0 saturated carbocycles. The summed E-state index contributed by atoms with van der Waals surface area (Å²) in [6.45, 7) is 6.36. The van der Waals surface area contributed by atoms with Crippen LogP contribution in [-0.2, 0) is 28.6 Å². The molecule has 1 atom stereocenters. The lowest BCUT2D eigenvalue weighted by molar-refractivity contribution is -0.167. The molecular weight excluding hydrogens is 612 g/mol. The highest BCUT2D eigenvalue weighted by Gasteiger charge is 2.19. The van der Waals surface area contributed by atoms with Gasteiger partial charge in [0.05, 0.1) is 0 Å². The van der Waals surface area contributed by atoms with Gasteiger partial charge in [0.2, 0.25) is 0 Å². The Hall–Kier alpha value is -2.63. The Bertz CT molecular complexity index is 887. The van der Waals surface area contributed by atoms with Crippen LogP contribution in [0, 0.1) is 0 Å². The van der Waals surface area contributed by atoms with E-state index in [1.54, 1.807) is 0 Å². The highest BCUT2D eigenvalue weighted by Crippen LogP contribution is 2.12. The van der Waals surface area contributed by atoms with E-state index in [4.69, 9.17) is 14.2 Å². The lowest BCUT2D eigenvalue weighted by Gasteiger charge is -2.18. The zero-order valence-corrected chi connectivity index (χ0v) is 31.9. The molecule has 0 aromatic rings. The van der Waals surface area contributed by atoms with Crippen molar-refractivity contribution in [2.24, 2.45) is 0 Å². The van der Waals surface area contributed by atoms with Gasteiger partial charge in [-0.15, -0.1) is 0 Å². The normalized spacial score (nSPS) is 12.5. The fourth-order valence-corrected chi connectivity index (χ4v) is 5.27. The van der Waals surface area contributed by atoms with E-state index in [0.29, 0.717) is 19.3 Å². The Labute approximate surface area is 301 Å². The number of rotatable bonds is 35. The van der Waals surface area contributed by atoms with Gasteiger partial charge in [-0.1, -0.05) is 140 Å². The second kappa shape index (κ2) is 38.2. The van der Waals surface area contributed by atoms with Gasteiger partial charge >= 0.3 is 17.9 Å². The van der Waals surface area contributed by atoms with Gasteiger partial charge in [0.1, 0.15) is 13.2 Å². The molecule has 0 radical (unpaired) electrons. The van der Waals surface area contributed by atoms with E-state index in [0.717, 1.165) is 103 Å². The molecule has 6 nitrogen and oxygen atoms in total. The molecule has 0 aliphatic heterocycles. The molecule has 0 bridgehead atoms. The number of carbonyl (C=O) groups is 3. The third kappa shape index (κ3) is 36.5. The molecule has 0 aliphatic rings. The van der Waals surface area contributed by atoms with Crippen LogP contribution >= 0.6 is 0 Å². The molecule has 0 aliphatic carbocycles. The molecule has 0 saturated heterocycles. The number of unbranched alkanes of at least 4 members (excludes halogenated alkanes) is 16. The van der Waals surface area contributed by atoms with Gasteiger partial charge in [-0.05, 0) is 77.0 Å². The second-order valence-corrected chi connectivity index (χ2v) is 13.2. The zero-order valence-electron chi connectivity index (χ0n) is 31.9. The maximum atomic E-state index is 12.6. The largest absolute Gasteiger partial charge is 0.462 e. The van der Waals surface area contributed by atoms with E-state index in [1.807, 2.05) is 0 Å². The molecule has 49 heavy (non-hydrogen) atoms. The smallest absolute Gasteiger partial charge is 0.306 e. The van der Waals surface area contributed by atoms with Crippen LogP contribution in [0.4, 0.5) is 0 Å². The molecular formula is C43H74O6. The van der Waals surface area contributed by atoms with Crippen molar-refractivity contribution in [2.45, 2.75) is 194 Å². The number of carbonyl (C=O) groups excluding carboxylic acids is 3. The van der Waals surface area contributed by atoms with Crippen LogP contribution in [0.25, 0.3) is 0 Å². The van der Waals surface area contributed by atoms with Crippen LogP contribution in [0.5, 0.6) is 0 Å². The van der Waals surface area contributed by atoms with Crippen LogP contribution in [0.3, 0.4) is 0 Å². The van der Waals surface area contributed by atoms with E-state index in [1.165, 1.54) is 44.9 Å². The highest BCUT2D eigenvalue weighted by molar-refractivity contribution is 5.71. The summed E-state index contributed by atoms with van der Waals surface area (Å²) >= 11 is 0. The molecule has 0 spiro atoms. The Balaban J connectivity index is 4.35. The lowest BCUT2D eigenvalue weighted by Crippen LogP contribution is -2.30. The summed E-state index contributed by atoms with van der Waals surface area (Å²) in [5.41, 5.74) is 0. The van der Waals surface area contributed by atoms with E-state index in [9.17, 15) is 14.4 Å². The molecule has 1 unspecified atom stereocenters. The van der Waals surface area contributed by atoms with Gasteiger partial charge in [-0.2, -0.15) is 0 Å². The summed E-state index contributed by atoms with van der Waals surface area (Å²) < 4.78 is 16.5. The first-order valence-electron chi connectivity index (χ1n) is 20.1. The fourth-order valence-electron chi connectivity index (χ4n) is 5.27. The molecule has 0 fully saturated rings. The van der Waals surface area contributed by atoms with Crippen molar-refractivity contribution in [1.29, 1.82) is 0 Å².